The normalized spacial score (nSPS) is 18.9. The van der Waals surface area contributed by atoms with Gasteiger partial charge in [-0.15, -0.1) is 0 Å². The number of nitrogens with one attached hydrogen (secondary N) is 1. The number of hydrogen-bond acceptors (Lipinski definition) is 3. The Bertz CT molecular complexity index is 1310. The molecule has 32 heavy (non-hydrogen) atoms. The summed E-state index contributed by atoms with van der Waals surface area (Å²) in [5.74, 6) is -1.22. The maximum atomic E-state index is 13.8. The molecule has 0 bridgehead atoms. The van der Waals surface area contributed by atoms with Crippen LogP contribution in [0.1, 0.15) is 43.9 Å². The lowest BCUT2D eigenvalue weighted by Crippen LogP contribution is -2.33. The zero-order valence-corrected chi connectivity index (χ0v) is 18.4. The van der Waals surface area contributed by atoms with Crippen LogP contribution in [-0.4, -0.2) is 39.6 Å². The number of hydrogen-bond donors (Lipinski definition) is 2. The maximum absolute atomic E-state index is 13.8. The van der Waals surface area contributed by atoms with Crippen LogP contribution in [0.3, 0.4) is 0 Å². The molecule has 0 spiro atoms. The number of aromatic nitrogens is 3. The first kappa shape index (κ1) is 20.7. The van der Waals surface area contributed by atoms with Crippen LogP contribution in [0.25, 0.3) is 27.5 Å². The second-order valence-corrected chi connectivity index (χ2v) is 9.42. The predicted octanol–water partition coefficient (Wildman–Crippen LogP) is 5.15. The lowest BCUT2D eigenvalue weighted by molar-refractivity contribution is -0.145. The zero-order chi connectivity index (χ0) is 22.6. The Kier molecular flexibility index (Phi) is 4.82. The van der Waals surface area contributed by atoms with Gasteiger partial charge in [-0.2, -0.15) is 5.10 Å². The van der Waals surface area contributed by atoms with Crippen LogP contribution in [0.15, 0.2) is 42.6 Å². The molecule has 0 radical (unpaired) electrons. The lowest BCUT2D eigenvalue weighted by atomic mass is 9.68. The van der Waals surface area contributed by atoms with Crippen molar-refractivity contribution >= 4 is 27.8 Å². The third-order valence-electron chi connectivity index (χ3n) is 6.69. The quantitative estimate of drug-likeness (QED) is 0.439. The van der Waals surface area contributed by atoms with E-state index >= 15 is 0 Å². The van der Waals surface area contributed by atoms with Crippen molar-refractivity contribution in [2.24, 2.45) is 5.92 Å². The standard InChI is InChI=1S/C25H26FN3O3/c1-25(2,13-32-3)23-22(14-8-15(9-14)24(30)31)19-11-20-16(12-27-28-20)10-21(19)29(23)18-6-4-17(26)5-7-18/h4-7,10-12,14-15H,8-9,13H2,1-3H3,(H,27,28)(H,30,31). The predicted molar refractivity (Wildman–Crippen MR) is 121 cm³/mol. The average Bonchev–Trinajstić information content (AvgIpc) is 3.28. The second kappa shape index (κ2) is 7.45. The van der Waals surface area contributed by atoms with Gasteiger partial charge in [0.05, 0.1) is 29.8 Å². The Hall–Kier alpha value is -3.19. The smallest absolute Gasteiger partial charge is 0.306 e. The molecular weight excluding hydrogens is 409 g/mol. The summed E-state index contributed by atoms with van der Waals surface area (Å²) < 4.78 is 21.5. The molecule has 1 saturated carbocycles. The molecule has 6 nitrogen and oxygen atoms in total. The fourth-order valence-electron chi connectivity index (χ4n) is 5.17. The molecule has 1 fully saturated rings. The van der Waals surface area contributed by atoms with Gasteiger partial charge in [-0.1, -0.05) is 13.8 Å². The highest BCUT2D eigenvalue weighted by Gasteiger charge is 2.41. The largest absolute Gasteiger partial charge is 0.481 e. The molecule has 7 heteroatoms. The average molecular weight is 435 g/mol. The molecule has 0 amide bonds. The third kappa shape index (κ3) is 3.19. The Morgan fingerprint density at radius 1 is 1.28 bits per heavy atom. The van der Waals surface area contributed by atoms with E-state index in [9.17, 15) is 14.3 Å². The van der Waals surface area contributed by atoms with E-state index in [1.807, 2.05) is 0 Å². The molecule has 166 valence electrons. The molecule has 5 rings (SSSR count). The number of H-pyrrole nitrogens is 1. The molecule has 4 aromatic rings. The van der Waals surface area contributed by atoms with Crippen LogP contribution < -0.4 is 0 Å². The van der Waals surface area contributed by atoms with Gasteiger partial charge < -0.3 is 14.4 Å². The Morgan fingerprint density at radius 2 is 2.00 bits per heavy atom. The Labute approximate surface area is 185 Å². The lowest BCUT2D eigenvalue weighted by Gasteiger charge is -2.36. The summed E-state index contributed by atoms with van der Waals surface area (Å²) in [5.41, 5.74) is 4.66. The van der Waals surface area contributed by atoms with Crippen LogP contribution >= 0.6 is 0 Å². The van der Waals surface area contributed by atoms with Gasteiger partial charge in [0.25, 0.3) is 0 Å². The number of fused-ring (bicyclic) bond motifs is 2. The van der Waals surface area contributed by atoms with E-state index in [0.29, 0.717) is 19.4 Å². The topological polar surface area (TPSA) is 80.1 Å². The summed E-state index contributed by atoms with van der Waals surface area (Å²) in [6.07, 6.45) is 3.00. The number of carboxylic acid groups (broad SMARTS) is 1. The number of carboxylic acids is 1. The summed E-state index contributed by atoms with van der Waals surface area (Å²) in [4.78, 5) is 11.5. The maximum Gasteiger partial charge on any atom is 0.306 e. The number of methoxy groups -OCH3 is 1. The fraction of sp³-hybridized carbons (Fsp3) is 0.360. The van der Waals surface area contributed by atoms with Crippen LogP contribution in [0.2, 0.25) is 0 Å². The van der Waals surface area contributed by atoms with Gasteiger partial charge in [-0.05, 0) is 60.7 Å². The van der Waals surface area contributed by atoms with Crippen LogP contribution in [-0.2, 0) is 14.9 Å². The summed E-state index contributed by atoms with van der Waals surface area (Å²) in [6.45, 7) is 4.76. The minimum absolute atomic E-state index is 0.131. The van der Waals surface area contributed by atoms with Crippen molar-refractivity contribution in [3.05, 3.63) is 59.7 Å². The van der Waals surface area contributed by atoms with E-state index < -0.39 is 5.97 Å². The van der Waals surface area contributed by atoms with Crippen LogP contribution in [0, 0.1) is 11.7 Å². The van der Waals surface area contributed by atoms with E-state index in [-0.39, 0.29) is 23.1 Å². The molecular formula is C25H26FN3O3. The van der Waals surface area contributed by atoms with Gasteiger partial charge in [-0.25, -0.2) is 4.39 Å². The van der Waals surface area contributed by atoms with Gasteiger partial charge in [0.2, 0.25) is 0 Å². The Balaban J connectivity index is 1.84. The van der Waals surface area contributed by atoms with E-state index in [1.54, 1.807) is 25.4 Å². The molecule has 2 aromatic carbocycles. The van der Waals surface area contributed by atoms with Crippen molar-refractivity contribution in [2.45, 2.75) is 38.0 Å². The minimum atomic E-state index is -0.739. The highest BCUT2D eigenvalue weighted by atomic mass is 19.1. The van der Waals surface area contributed by atoms with Crippen molar-refractivity contribution in [1.82, 2.24) is 14.8 Å². The molecule has 2 heterocycles. The van der Waals surface area contributed by atoms with Gasteiger partial charge in [0.1, 0.15) is 5.82 Å². The molecule has 0 unspecified atom stereocenters. The number of benzene rings is 2. The third-order valence-corrected chi connectivity index (χ3v) is 6.69. The fourth-order valence-corrected chi connectivity index (χ4v) is 5.17. The van der Waals surface area contributed by atoms with E-state index in [4.69, 9.17) is 4.74 Å². The molecule has 0 aliphatic heterocycles. The van der Waals surface area contributed by atoms with Crippen LogP contribution in [0.5, 0.6) is 0 Å². The summed E-state index contributed by atoms with van der Waals surface area (Å²) in [6, 6.07) is 10.7. The molecule has 2 N–H and O–H groups in total. The summed E-state index contributed by atoms with van der Waals surface area (Å²) in [7, 11) is 1.69. The van der Waals surface area contributed by atoms with E-state index in [0.717, 1.165) is 38.8 Å². The van der Waals surface area contributed by atoms with Crippen molar-refractivity contribution in [3.63, 3.8) is 0 Å². The van der Waals surface area contributed by atoms with Crippen molar-refractivity contribution in [3.8, 4) is 5.69 Å². The summed E-state index contributed by atoms with van der Waals surface area (Å²) >= 11 is 0. The molecule has 2 aromatic heterocycles. The number of nitrogens with zero attached hydrogens (tertiary/aromatic N) is 2. The second-order valence-electron chi connectivity index (χ2n) is 9.42. The molecule has 0 saturated heterocycles. The monoisotopic (exact) mass is 435 g/mol. The molecule has 1 aliphatic carbocycles. The van der Waals surface area contributed by atoms with Crippen molar-refractivity contribution in [2.75, 3.05) is 13.7 Å². The molecule has 0 atom stereocenters. The summed E-state index contributed by atoms with van der Waals surface area (Å²) in [5, 5.41) is 18.8. The van der Waals surface area contributed by atoms with Crippen LogP contribution in [0.4, 0.5) is 4.39 Å². The highest BCUT2D eigenvalue weighted by Crippen LogP contribution is 2.50. The van der Waals surface area contributed by atoms with Gasteiger partial charge in [0, 0.05) is 34.7 Å². The Morgan fingerprint density at radius 3 is 2.66 bits per heavy atom. The first-order valence-electron chi connectivity index (χ1n) is 10.8. The first-order valence-corrected chi connectivity index (χ1v) is 10.8. The van der Waals surface area contributed by atoms with E-state index in [2.05, 4.69) is 40.7 Å². The highest BCUT2D eigenvalue weighted by molar-refractivity contribution is 5.99. The number of aliphatic carboxylic acids is 1. The number of aromatic amines is 1. The molecule has 1 aliphatic rings. The zero-order valence-electron chi connectivity index (χ0n) is 18.4. The minimum Gasteiger partial charge on any atom is -0.481 e. The first-order chi connectivity index (χ1) is 15.3. The number of halogens is 1. The van der Waals surface area contributed by atoms with Crippen molar-refractivity contribution < 1.29 is 19.0 Å². The van der Waals surface area contributed by atoms with Gasteiger partial charge in [0.15, 0.2) is 0 Å². The van der Waals surface area contributed by atoms with Gasteiger partial charge >= 0.3 is 5.97 Å². The number of carbonyl (C=O) groups is 1. The number of rotatable bonds is 6. The number of ether oxygens (including phenoxy) is 1. The van der Waals surface area contributed by atoms with Crippen molar-refractivity contribution in [1.29, 1.82) is 0 Å². The van der Waals surface area contributed by atoms with Gasteiger partial charge in [-0.3, -0.25) is 9.89 Å². The van der Waals surface area contributed by atoms with E-state index in [1.165, 1.54) is 12.1 Å². The SMILES string of the molecule is COCC(C)(C)c1c(C2CC(C(=O)O)C2)c2cc3[nH]ncc3cc2n1-c1ccc(F)cc1.